The molecule has 158 valence electrons. The number of nitrogens with zero attached hydrogens (tertiary/aromatic N) is 3. The van der Waals surface area contributed by atoms with Crippen molar-refractivity contribution in [1.29, 1.82) is 0 Å². The molecule has 7 nitrogen and oxygen atoms in total. The number of thiazole rings is 1. The van der Waals surface area contributed by atoms with E-state index >= 15 is 0 Å². The van der Waals surface area contributed by atoms with E-state index in [0.29, 0.717) is 12.6 Å². The van der Waals surface area contributed by atoms with Gasteiger partial charge in [-0.2, -0.15) is 0 Å². The van der Waals surface area contributed by atoms with Gasteiger partial charge in [-0.05, 0) is 30.5 Å². The van der Waals surface area contributed by atoms with Crippen molar-refractivity contribution < 1.29 is 9.47 Å². The van der Waals surface area contributed by atoms with Crippen LogP contribution in [0.1, 0.15) is 29.6 Å². The van der Waals surface area contributed by atoms with E-state index in [1.54, 1.807) is 25.6 Å². The number of guanidine groups is 1. The van der Waals surface area contributed by atoms with Gasteiger partial charge in [-0.15, -0.1) is 11.3 Å². The second-order valence-corrected chi connectivity index (χ2v) is 8.04. The van der Waals surface area contributed by atoms with Crippen LogP contribution in [0, 0.1) is 0 Å². The number of methoxy groups -OCH3 is 2. The second-order valence-electron chi connectivity index (χ2n) is 7.10. The summed E-state index contributed by atoms with van der Waals surface area (Å²) >= 11 is 1.71. The fourth-order valence-corrected chi connectivity index (χ4v) is 4.21. The van der Waals surface area contributed by atoms with Gasteiger partial charge in [-0.3, -0.25) is 9.89 Å². The van der Waals surface area contributed by atoms with Gasteiger partial charge in [0.1, 0.15) is 11.5 Å². The van der Waals surface area contributed by atoms with Crippen molar-refractivity contribution >= 4 is 17.3 Å². The number of ether oxygens (including phenoxy) is 2. The van der Waals surface area contributed by atoms with Gasteiger partial charge in [0.15, 0.2) is 5.96 Å². The monoisotopic (exact) mass is 417 g/mol. The van der Waals surface area contributed by atoms with Gasteiger partial charge in [0.2, 0.25) is 0 Å². The van der Waals surface area contributed by atoms with E-state index < -0.39 is 0 Å². The Morgan fingerprint density at radius 1 is 1.28 bits per heavy atom. The second kappa shape index (κ2) is 10.5. The zero-order valence-corrected chi connectivity index (χ0v) is 18.5. The Bertz CT molecular complexity index is 801. The van der Waals surface area contributed by atoms with Crippen LogP contribution in [0.25, 0.3) is 0 Å². The number of hydrogen-bond donors (Lipinski definition) is 2. The van der Waals surface area contributed by atoms with Crippen molar-refractivity contribution in [3.8, 4) is 11.5 Å². The summed E-state index contributed by atoms with van der Waals surface area (Å²) in [6.45, 7) is 5.70. The molecule has 3 rings (SSSR count). The Kier molecular flexibility index (Phi) is 7.71. The Morgan fingerprint density at radius 3 is 2.66 bits per heavy atom. The summed E-state index contributed by atoms with van der Waals surface area (Å²) in [4.78, 5) is 11.4. The molecular formula is C21H31N5O2S. The van der Waals surface area contributed by atoms with Crippen molar-refractivity contribution in [1.82, 2.24) is 20.5 Å². The van der Waals surface area contributed by atoms with Gasteiger partial charge >= 0.3 is 0 Å². The zero-order chi connectivity index (χ0) is 20.6. The van der Waals surface area contributed by atoms with E-state index in [-0.39, 0.29) is 0 Å². The van der Waals surface area contributed by atoms with Crippen molar-refractivity contribution in [2.75, 3.05) is 34.4 Å². The number of aromatic nitrogens is 1. The lowest BCUT2D eigenvalue weighted by Crippen LogP contribution is -2.44. The molecule has 1 aliphatic rings. The van der Waals surface area contributed by atoms with Crippen molar-refractivity contribution in [3.63, 3.8) is 0 Å². The van der Waals surface area contributed by atoms with E-state index in [1.165, 1.54) is 10.6 Å². The molecule has 2 aromatic rings. The fourth-order valence-electron chi connectivity index (χ4n) is 3.46. The highest BCUT2D eigenvalue weighted by atomic mass is 32.1. The molecule has 2 N–H and O–H groups in total. The van der Waals surface area contributed by atoms with Gasteiger partial charge in [0.25, 0.3) is 0 Å². The maximum Gasteiger partial charge on any atom is 0.191 e. The van der Waals surface area contributed by atoms with Crippen LogP contribution in [0.4, 0.5) is 0 Å². The average molecular weight is 418 g/mol. The predicted molar refractivity (Wildman–Crippen MR) is 118 cm³/mol. The summed E-state index contributed by atoms with van der Waals surface area (Å²) in [5.41, 5.74) is 2.26. The molecule has 0 amide bonds. The molecule has 1 saturated heterocycles. The quantitative estimate of drug-likeness (QED) is 0.508. The lowest BCUT2D eigenvalue weighted by atomic mass is 10.2. The molecule has 0 saturated carbocycles. The molecule has 1 fully saturated rings. The standard InChI is InChI=1S/C21H31N5O2S/c1-5-20-24-17(14-29-20)11-23-21(22-2)25-16-6-7-26(13-16)12-15-8-18(27-3)10-19(9-15)28-4/h8-10,14,16H,5-7,11-13H2,1-4H3,(H2,22,23,25). The molecule has 2 heterocycles. The van der Waals surface area contributed by atoms with Gasteiger partial charge in [0.05, 0.1) is 31.5 Å². The van der Waals surface area contributed by atoms with E-state index in [0.717, 1.165) is 55.6 Å². The summed E-state index contributed by atoms with van der Waals surface area (Å²) in [7, 11) is 5.17. The highest BCUT2D eigenvalue weighted by Crippen LogP contribution is 2.24. The summed E-state index contributed by atoms with van der Waals surface area (Å²) in [6, 6.07) is 6.42. The molecule has 0 spiro atoms. The first-order chi connectivity index (χ1) is 14.1. The number of nitrogens with one attached hydrogen (secondary N) is 2. The SMILES string of the molecule is CCc1nc(CNC(=NC)NC2CCN(Cc3cc(OC)cc(OC)c3)C2)cs1. The number of aryl methyl sites for hydroxylation is 1. The minimum atomic E-state index is 0.371. The lowest BCUT2D eigenvalue weighted by molar-refractivity contribution is 0.321. The molecule has 1 atom stereocenters. The van der Waals surface area contributed by atoms with E-state index in [4.69, 9.17) is 9.47 Å². The van der Waals surface area contributed by atoms with Crippen molar-refractivity contribution in [3.05, 3.63) is 39.8 Å². The van der Waals surface area contributed by atoms with Crippen molar-refractivity contribution in [2.24, 2.45) is 4.99 Å². The third kappa shape index (κ3) is 6.08. The topological polar surface area (TPSA) is 71.0 Å². The molecule has 29 heavy (non-hydrogen) atoms. The third-order valence-electron chi connectivity index (χ3n) is 4.99. The Labute approximate surface area is 177 Å². The highest BCUT2D eigenvalue weighted by Gasteiger charge is 2.23. The Morgan fingerprint density at radius 2 is 2.03 bits per heavy atom. The molecule has 1 aliphatic heterocycles. The normalized spacial score (nSPS) is 17.4. The van der Waals surface area contributed by atoms with E-state index in [1.807, 2.05) is 13.1 Å². The average Bonchev–Trinajstić information content (AvgIpc) is 3.39. The van der Waals surface area contributed by atoms with Crippen LogP contribution >= 0.6 is 11.3 Å². The van der Waals surface area contributed by atoms with Crippen LogP contribution < -0.4 is 20.1 Å². The molecule has 1 unspecified atom stereocenters. The summed E-state index contributed by atoms with van der Waals surface area (Å²) < 4.78 is 10.8. The van der Waals surface area contributed by atoms with Crippen molar-refractivity contribution in [2.45, 2.75) is 38.9 Å². The highest BCUT2D eigenvalue weighted by molar-refractivity contribution is 7.09. The number of rotatable bonds is 8. The molecule has 0 aliphatic carbocycles. The van der Waals surface area contributed by atoms with E-state index in [9.17, 15) is 0 Å². The van der Waals surface area contributed by atoms with Gasteiger partial charge in [0, 0.05) is 44.2 Å². The van der Waals surface area contributed by atoms with Crippen LogP contribution in [-0.2, 0) is 19.5 Å². The largest absolute Gasteiger partial charge is 0.497 e. The molecule has 1 aromatic carbocycles. The van der Waals surface area contributed by atoms with Crippen LogP contribution in [0.2, 0.25) is 0 Å². The smallest absolute Gasteiger partial charge is 0.191 e. The molecule has 1 aromatic heterocycles. The van der Waals surface area contributed by atoms with Crippen LogP contribution in [0.15, 0.2) is 28.6 Å². The lowest BCUT2D eigenvalue weighted by Gasteiger charge is -2.19. The summed E-state index contributed by atoms with van der Waals surface area (Å²) in [6.07, 6.45) is 2.06. The van der Waals surface area contributed by atoms with Crippen LogP contribution in [0.3, 0.4) is 0 Å². The zero-order valence-electron chi connectivity index (χ0n) is 17.7. The Balaban J connectivity index is 1.49. The first-order valence-corrected chi connectivity index (χ1v) is 10.9. The van der Waals surface area contributed by atoms with Crippen LogP contribution in [0.5, 0.6) is 11.5 Å². The minimum Gasteiger partial charge on any atom is -0.497 e. The number of aliphatic imine (C=N–C) groups is 1. The first-order valence-electron chi connectivity index (χ1n) is 9.98. The van der Waals surface area contributed by atoms with E-state index in [2.05, 4.69) is 49.9 Å². The minimum absolute atomic E-state index is 0.371. The van der Waals surface area contributed by atoms with Gasteiger partial charge in [-0.1, -0.05) is 6.92 Å². The molecular weight excluding hydrogens is 386 g/mol. The fraction of sp³-hybridized carbons (Fsp3) is 0.524. The number of likely N-dealkylation sites (tertiary alicyclic amines) is 1. The maximum atomic E-state index is 5.38. The Hall–Kier alpha value is -2.32. The van der Waals surface area contributed by atoms with Crippen LogP contribution in [-0.4, -0.2) is 56.2 Å². The van der Waals surface area contributed by atoms with Gasteiger partial charge in [-0.25, -0.2) is 4.98 Å². The first kappa shape index (κ1) is 21.4. The summed E-state index contributed by atoms with van der Waals surface area (Å²) in [5, 5.41) is 10.2. The maximum absolute atomic E-state index is 5.38. The number of benzene rings is 1. The van der Waals surface area contributed by atoms with Gasteiger partial charge < -0.3 is 20.1 Å². The molecule has 8 heteroatoms. The predicted octanol–water partition coefficient (Wildman–Crippen LogP) is 2.66. The molecule has 0 bridgehead atoms. The third-order valence-corrected chi connectivity index (χ3v) is 6.03. The summed E-state index contributed by atoms with van der Waals surface area (Å²) in [5.74, 6) is 2.48. The molecule has 0 radical (unpaired) electrons. The number of hydrogen-bond acceptors (Lipinski definition) is 6.